The molecular weight excluding hydrogens is 380 g/mol. The molecule has 0 bridgehead atoms. The van der Waals surface area contributed by atoms with E-state index in [4.69, 9.17) is 0 Å². The molecule has 0 spiro atoms. The van der Waals surface area contributed by atoms with Crippen molar-refractivity contribution in [3.8, 4) is 0 Å². The lowest BCUT2D eigenvalue weighted by molar-refractivity contribution is 0.0992. The minimum atomic E-state index is -3.31. The zero-order valence-corrected chi connectivity index (χ0v) is 15.4. The molecule has 0 aliphatic heterocycles. The number of rotatable bonds is 4. The summed E-state index contributed by atoms with van der Waals surface area (Å²) in [5.41, 5.74) is 1.78. The van der Waals surface area contributed by atoms with Crippen molar-refractivity contribution in [2.75, 3.05) is 29.6 Å². The molecule has 0 unspecified atom stereocenters. The Morgan fingerprint density at radius 2 is 1.48 bits per heavy atom. The molecule has 0 aromatic heterocycles. The molecular formula is C16H17BrN2O3S. The fourth-order valence-corrected chi connectivity index (χ4v) is 2.97. The third-order valence-corrected chi connectivity index (χ3v) is 5.40. The van der Waals surface area contributed by atoms with Crippen LogP contribution < -0.4 is 9.21 Å². The van der Waals surface area contributed by atoms with Crippen molar-refractivity contribution in [2.45, 2.75) is 0 Å². The van der Waals surface area contributed by atoms with Crippen LogP contribution in [0, 0.1) is 0 Å². The summed E-state index contributed by atoms with van der Waals surface area (Å²) in [7, 11) is -0.143. The quantitative estimate of drug-likeness (QED) is 0.797. The molecule has 0 aliphatic carbocycles. The lowest BCUT2D eigenvalue weighted by atomic mass is 10.2. The van der Waals surface area contributed by atoms with E-state index in [0.29, 0.717) is 16.9 Å². The second kappa shape index (κ2) is 6.72. The molecule has 0 aliphatic rings. The van der Waals surface area contributed by atoms with Gasteiger partial charge in [0.05, 0.1) is 17.5 Å². The lowest BCUT2D eigenvalue weighted by Crippen LogP contribution is -2.27. The van der Waals surface area contributed by atoms with Gasteiger partial charge in [0.2, 0.25) is 10.0 Å². The Balaban J connectivity index is 2.26. The molecule has 0 N–H and O–H groups in total. The van der Waals surface area contributed by atoms with E-state index in [1.807, 2.05) is 12.1 Å². The van der Waals surface area contributed by atoms with Crippen molar-refractivity contribution in [2.24, 2.45) is 0 Å². The minimum absolute atomic E-state index is 0.151. The van der Waals surface area contributed by atoms with E-state index in [1.165, 1.54) is 16.3 Å². The number of benzene rings is 2. The number of hydrogen-bond acceptors (Lipinski definition) is 3. The molecule has 0 saturated carbocycles. The summed E-state index contributed by atoms with van der Waals surface area (Å²) >= 11 is 3.37. The summed E-state index contributed by atoms with van der Waals surface area (Å²) in [6, 6.07) is 14.0. The Labute approximate surface area is 144 Å². The van der Waals surface area contributed by atoms with Gasteiger partial charge in [-0.1, -0.05) is 12.1 Å². The van der Waals surface area contributed by atoms with Gasteiger partial charge in [0.25, 0.3) is 5.91 Å². The van der Waals surface area contributed by atoms with E-state index in [9.17, 15) is 13.2 Å². The summed E-state index contributed by atoms with van der Waals surface area (Å²) in [5, 5.41) is 0. The molecule has 122 valence electrons. The number of carbonyl (C=O) groups excluding carboxylic acids is 1. The first kappa shape index (κ1) is 17.5. The Bertz CT molecular complexity index is 819. The first-order chi connectivity index (χ1) is 10.7. The van der Waals surface area contributed by atoms with Crippen molar-refractivity contribution >= 4 is 43.2 Å². The maximum Gasteiger partial charge on any atom is 0.259 e. The van der Waals surface area contributed by atoms with Gasteiger partial charge in [-0.25, -0.2) is 8.42 Å². The molecule has 0 radical (unpaired) electrons. The van der Waals surface area contributed by atoms with E-state index in [2.05, 4.69) is 15.9 Å². The highest BCUT2D eigenvalue weighted by Crippen LogP contribution is 2.24. The average Bonchev–Trinajstić information content (AvgIpc) is 2.52. The van der Waals surface area contributed by atoms with E-state index < -0.39 is 10.0 Å². The van der Waals surface area contributed by atoms with Crippen LogP contribution in [0.15, 0.2) is 53.0 Å². The molecule has 2 aromatic rings. The van der Waals surface area contributed by atoms with Crippen LogP contribution in [0.3, 0.4) is 0 Å². The Kier molecular flexibility index (Phi) is 5.11. The number of hydrogen-bond donors (Lipinski definition) is 0. The molecule has 2 rings (SSSR count). The first-order valence-corrected chi connectivity index (χ1v) is 9.42. The molecule has 23 heavy (non-hydrogen) atoms. The second-order valence-electron chi connectivity index (χ2n) is 5.09. The summed E-state index contributed by atoms with van der Waals surface area (Å²) in [5.74, 6) is -0.151. The maximum absolute atomic E-state index is 12.5. The molecule has 0 heterocycles. The number of anilines is 2. The van der Waals surface area contributed by atoms with Crippen LogP contribution in [0.4, 0.5) is 11.4 Å². The number of nitrogens with zero attached hydrogens (tertiary/aromatic N) is 2. The van der Waals surface area contributed by atoms with Gasteiger partial charge in [-0.2, -0.15) is 0 Å². The van der Waals surface area contributed by atoms with Gasteiger partial charge in [-0.15, -0.1) is 0 Å². The van der Waals surface area contributed by atoms with Crippen LogP contribution in [0.25, 0.3) is 0 Å². The Morgan fingerprint density at radius 1 is 0.957 bits per heavy atom. The van der Waals surface area contributed by atoms with Crippen LogP contribution in [-0.2, 0) is 10.0 Å². The summed E-state index contributed by atoms with van der Waals surface area (Å²) in [6.45, 7) is 0. The summed E-state index contributed by atoms with van der Waals surface area (Å²) in [4.78, 5) is 14.1. The summed E-state index contributed by atoms with van der Waals surface area (Å²) < 4.78 is 25.0. The highest BCUT2D eigenvalue weighted by atomic mass is 79.9. The van der Waals surface area contributed by atoms with E-state index >= 15 is 0 Å². The second-order valence-corrected chi connectivity index (χ2v) is 7.96. The van der Waals surface area contributed by atoms with E-state index in [0.717, 1.165) is 10.7 Å². The van der Waals surface area contributed by atoms with Gasteiger partial charge in [0.1, 0.15) is 0 Å². The predicted octanol–water partition coefficient (Wildman–Crippen LogP) is 3.12. The van der Waals surface area contributed by atoms with Gasteiger partial charge in [0, 0.05) is 24.3 Å². The van der Waals surface area contributed by atoms with Crippen molar-refractivity contribution in [3.05, 3.63) is 58.6 Å². The van der Waals surface area contributed by atoms with E-state index in [1.54, 1.807) is 43.4 Å². The SMILES string of the molecule is CN(C(=O)c1ccccc1Br)c1ccc(N(C)S(C)(=O)=O)cc1. The number of amides is 1. The van der Waals surface area contributed by atoms with Crippen molar-refractivity contribution in [1.29, 1.82) is 0 Å². The number of halogens is 1. The average molecular weight is 397 g/mol. The Hall–Kier alpha value is -1.86. The van der Waals surface area contributed by atoms with Crippen LogP contribution in [0.1, 0.15) is 10.4 Å². The van der Waals surface area contributed by atoms with Crippen LogP contribution >= 0.6 is 15.9 Å². The highest BCUT2D eigenvalue weighted by Gasteiger charge is 2.17. The van der Waals surface area contributed by atoms with E-state index in [-0.39, 0.29) is 5.91 Å². The predicted molar refractivity (Wildman–Crippen MR) is 96.6 cm³/mol. The number of sulfonamides is 1. The van der Waals surface area contributed by atoms with Crippen molar-refractivity contribution in [1.82, 2.24) is 0 Å². The molecule has 0 atom stereocenters. The van der Waals surface area contributed by atoms with Crippen LogP contribution in [-0.4, -0.2) is 34.7 Å². The summed E-state index contributed by atoms with van der Waals surface area (Å²) in [6.07, 6.45) is 1.14. The smallest absolute Gasteiger partial charge is 0.259 e. The molecule has 5 nitrogen and oxygen atoms in total. The third-order valence-electron chi connectivity index (χ3n) is 3.51. The normalized spacial score (nSPS) is 11.1. The van der Waals surface area contributed by atoms with Gasteiger partial charge in [-0.3, -0.25) is 9.10 Å². The van der Waals surface area contributed by atoms with Crippen molar-refractivity contribution in [3.63, 3.8) is 0 Å². The largest absolute Gasteiger partial charge is 0.311 e. The third kappa shape index (κ3) is 3.92. The monoisotopic (exact) mass is 396 g/mol. The standard InChI is InChI=1S/C16H17BrN2O3S/c1-18(16(20)14-6-4-5-7-15(14)17)12-8-10-13(11-9-12)19(2)23(3,21)22/h4-11H,1-3H3. The molecule has 7 heteroatoms. The van der Waals surface area contributed by atoms with Crippen molar-refractivity contribution < 1.29 is 13.2 Å². The Morgan fingerprint density at radius 3 is 2.00 bits per heavy atom. The molecule has 2 aromatic carbocycles. The van der Waals surface area contributed by atoms with Gasteiger partial charge in [-0.05, 0) is 52.3 Å². The highest BCUT2D eigenvalue weighted by molar-refractivity contribution is 9.10. The van der Waals surface area contributed by atoms with Gasteiger partial charge in [0.15, 0.2) is 0 Å². The van der Waals surface area contributed by atoms with Crippen LogP contribution in [0.5, 0.6) is 0 Å². The van der Waals surface area contributed by atoms with Crippen LogP contribution in [0.2, 0.25) is 0 Å². The first-order valence-electron chi connectivity index (χ1n) is 6.78. The molecule has 0 fully saturated rings. The molecule has 0 saturated heterocycles. The molecule has 1 amide bonds. The lowest BCUT2D eigenvalue weighted by Gasteiger charge is -2.20. The zero-order valence-electron chi connectivity index (χ0n) is 13.0. The topological polar surface area (TPSA) is 57.7 Å². The minimum Gasteiger partial charge on any atom is -0.311 e. The maximum atomic E-state index is 12.5. The fraction of sp³-hybridized carbons (Fsp3) is 0.188. The zero-order chi connectivity index (χ0) is 17.2. The number of carbonyl (C=O) groups is 1. The van der Waals surface area contributed by atoms with Gasteiger partial charge < -0.3 is 4.90 Å². The fourth-order valence-electron chi connectivity index (χ4n) is 2.01. The van der Waals surface area contributed by atoms with Gasteiger partial charge >= 0.3 is 0 Å².